The quantitative estimate of drug-likeness (QED) is 0.708. The van der Waals surface area contributed by atoms with Crippen LogP contribution in [0.5, 0.6) is 5.75 Å². The van der Waals surface area contributed by atoms with E-state index in [1.807, 2.05) is 37.8 Å². The van der Waals surface area contributed by atoms with Gasteiger partial charge in [-0.1, -0.05) is 6.07 Å². The Labute approximate surface area is 140 Å². The Morgan fingerprint density at radius 1 is 1.38 bits per heavy atom. The van der Waals surface area contributed by atoms with E-state index in [0.717, 1.165) is 17.9 Å². The predicted molar refractivity (Wildman–Crippen MR) is 88.9 cm³/mol. The second-order valence-electron chi connectivity index (χ2n) is 6.20. The standard InChI is InChI=1S/C17H21N5O2/c1-20(9-13-4-3-5-17-18-6-7-22(13)17)15-11-23-12-16(15)24-14-8-19-21(2)10-14/h3-8,10,15-16H,9,11-12H2,1-2H3/t15-,16+/m0/s1. The number of ether oxygens (including phenoxy) is 2. The number of fused-ring (bicyclic) bond motifs is 1. The molecule has 0 N–H and O–H groups in total. The van der Waals surface area contributed by atoms with Crippen LogP contribution < -0.4 is 4.74 Å². The van der Waals surface area contributed by atoms with Gasteiger partial charge in [0.05, 0.1) is 31.6 Å². The highest BCUT2D eigenvalue weighted by Crippen LogP contribution is 2.21. The van der Waals surface area contributed by atoms with Crippen LogP contribution in [0.25, 0.3) is 5.65 Å². The number of aryl methyl sites for hydroxylation is 1. The van der Waals surface area contributed by atoms with Gasteiger partial charge in [-0.25, -0.2) is 4.98 Å². The average Bonchev–Trinajstić information content (AvgIpc) is 3.29. The summed E-state index contributed by atoms with van der Waals surface area (Å²) in [5.74, 6) is 0.781. The molecular formula is C17H21N5O2. The molecular weight excluding hydrogens is 306 g/mol. The Morgan fingerprint density at radius 2 is 2.29 bits per heavy atom. The van der Waals surface area contributed by atoms with Crippen LogP contribution in [-0.2, 0) is 18.3 Å². The fourth-order valence-electron chi connectivity index (χ4n) is 3.19. The third-order valence-corrected chi connectivity index (χ3v) is 4.46. The van der Waals surface area contributed by atoms with Gasteiger partial charge < -0.3 is 13.9 Å². The molecule has 0 amide bonds. The van der Waals surface area contributed by atoms with E-state index in [4.69, 9.17) is 9.47 Å². The van der Waals surface area contributed by atoms with Crippen molar-refractivity contribution >= 4 is 5.65 Å². The zero-order valence-electron chi connectivity index (χ0n) is 13.9. The summed E-state index contributed by atoms with van der Waals surface area (Å²) in [6, 6.07) is 6.37. The van der Waals surface area contributed by atoms with Crippen LogP contribution in [0.4, 0.5) is 0 Å². The minimum atomic E-state index is 0.00110. The molecule has 0 aromatic carbocycles. The summed E-state index contributed by atoms with van der Waals surface area (Å²) in [5.41, 5.74) is 2.16. The van der Waals surface area contributed by atoms with Crippen molar-refractivity contribution in [3.63, 3.8) is 0 Å². The smallest absolute Gasteiger partial charge is 0.157 e. The molecule has 3 aromatic heterocycles. The Balaban J connectivity index is 1.48. The third kappa shape index (κ3) is 2.88. The maximum atomic E-state index is 6.07. The average molecular weight is 327 g/mol. The van der Waals surface area contributed by atoms with Crippen LogP contribution in [-0.4, -0.2) is 56.5 Å². The van der Waals surface area contributed by atoms with Gasteiger partial charge >= 0.3 is 0 Å². The predicted octanol–water partition coefficient (Wildman–Crippen LogP) is 1.35. The largest absolute Gasteiger partial charge is 0.483 e. The molecule has 1 aliphatic heterocycles. The summed E-state index contributed by atoms with van der Waals surface area (Å²) >= 11 is 0. The normalized spacial score (nSPS) is 21.0. The van der Waals surface area contributed by atoms with Crippen molar-refractivity contribution in [1.82, 2.24) is 24.1 Å². The third-order valence-electron chi connectivity index (χ3n) is 4.46. The van der Waals surface area contributed by atoms with Gasteiger partial charge in [0.1, 0.15) is 11.8 Å². The van der Waals surface area contributed by atoms with E-state index in [9.17, 15) is 0 Å². The zero-order valence-corrected chi connectivity index (χ0v) is 13.9. The number of hydrogen-bond donors (Lipinski definition) is 0. The van der Waals surface area contributed by atoms with E-state index in [2.05, 4.69) is 32.5 Å². The van der Waals surface area contributed by atoms with Crippen LogP contribution in [0.3, 0.4) is 0 Å². The van der Waals surface area contributed by atoms with Crippen molar-refractivity contribution in [2.24, 2.45) is 7.05 Å². The number of hydrogen-bond acceptors (Lipinski definition) is 5. The molecule has 4 rings (SSSR count). The Hall–Kier alpha value is -2.38. The van der Waals surface area contributed by atoms with Gasteiger partial charge in [0, 0.05) is 31.7 Å². The van der Waals surface area contributed by atoms with Gasteiger partial charge in [-0.3, -0.25) is 9.58 Å². The van der Waals surface area contributed by atoms with Crippen LogP contribution in [0.2, 0.25) is 0 Å². The van der Waals surface area contributed by atoms with Crippen molar-refractivity contribution in [1.29, 1.82) is 0 Å². The first-order chi connectivity index (χ1) is 11.7. The number of likely N-dealkylation sites (N-methyl/N-ethyl adjacent to an activating group) is 1. The minimum absolute atomic E-state index is 0.00110. The summed E-state index contributed by atoms with van der Waals surface area (Å²) in [6.07, 6.45) is 7.43. The summed E-state index contributed by atoms with van der Waals surface area (Å²) < 4.78 is 15.6. The number of pyridine rings is 1. The first-order valence-electron chi connectivity index (χ1n) is 8.05. The Kier molecular flexibility index (Phi) is 3.95. The lowest BCUT2D eigenvalue weighted by atomic mass is 10.1. The van der Waals surface area contributed by atoms with Crippen LogP contribution in [0, 0.1) is 0 Å². The van der Waals surface area contributed by atoms with E-state index >= 15 is 0 Å². The van der Waals surface area contributed by atoms with Crippen molar-refractivity contribution in [3.8, 4) is 5.75 Å². The molecule has 24 heavy (non-hydrogen) atoms. The second kappa shape index (κ2) is 6.26. The van der Waals surface area contributed by atoms with Gasteiger partial charge in [-0.05, 0) is 19.2 Å². The van der Waals surface area contributed by atoms with Crippen LogP contribution in [0.1, 0.15) is 5.69 Å². The van der Waals surface area contributed by atoms with E-state index in [-0.39, 0.29) is 12.1 Å². The number of aromatic nitrogens is 4. The van der Waals surface area contributed by atoms with Gasteiger partial charge in [0.15, 0.2) is 5.75 Å². The zero-order chi connectivity index (χ0) is 16.5. The van der Waals surface area contributed by atoms with Crippen molar-refractivity contribution in [2.45, 2.75) is 18.7 Å². The van der Waals surface area contributed by atoms with E-state index < -0.39 is 0 Å². The minimum Gasteiger partial charge on any atom is -0.483 e. The van der Waals surface area contributed by atoms with Gasteiger partial charge in [0.25, 0.3) is 0 Å². The molecule has 7 nitrogen and oxygen atoms in total. The SMILES string of the molecule is CN(Cc1cccc2nccn12)[C@H]1COC[C@H]1Oc1cnn(C)c1. The molecule has 0 bridgehead atoms. The molecule has 1 saturated heterocycles. The molecule has 0 radical (unpaired) electrons. The van der Waals surface area contributed by atoms with Gasteiger partial charge in [0.2, 0.25) is 0 Å². The lowest BCUT2D eigenvalue weighted by molar-refractivity contribution is 0.111. The molecule has 7 heteroatoms. The summed E-state index contributed by atoms with van der Waals surface area (Å²) in [5, 5.41) is 4.15. The van der Waals surface area contributed by atoms with Crippen molar-refractivity contribution in [2.75, 3.05) is 20.3 Å². The van der Waals surface area contributed by atoms with E-state index in [0.29, 0.717) is 13.2 Å². The Morgan fingerprint density at radius 3 is 3.12 bits per heavy atom. The lowest BCUT2D eigenvalue weighted by Crippen LogP contribution is -2.43. The maximum absolute atomic E-state index is 6.07. The number of imidazole rings is 1. The summed E-state index contributed by atoms with van der Waals surface area (Å²) in [4.78, 5) is 6.62. The highest BCUT2D eigenvalue weighted by molar-refractivity contribution is 5.39. The maximum Gasteiger partial charge on any atom is 0.157 e. The monoisotopic (exact) mass is 327 g/mol. The molecule has 0 unspecified atom stereocenters. The van der Waals surface area contributed by atoms with E-state index in [1.54, 1.807) is 10.9 Å². The molecule has 0 saturated carbocycles. The first kappa shape index (κ1) is 15.2. The van der Waals surface area contributed by atoms with Crippen LogP contribution >= 0.6 is 0 Å². The van der Waals surface area contributed by atoms with Crippen molar-refractivity contribution < 1.29 is 9.47 Å². The number of rotatable bonds is 5. The molecule has 2 atom stereocenters. The molecule has 3 aromatic rings. The van der Waals surface area contributed by atoms with Crippen molar-refractivity contribution in [3.05, 3.63) is 48.7 Å². The first-order valence-corrected chi connectivity index (χ1v) is 8.05. The molecule has 1 aliphatic rings. The lowest BCUT2D eigenvalue weighted by Gasteiger charge is -2.28. The topological polar surface area (TPSA) is 56.8 Å². The molecule has 1 fully saturated rings. The number of nitrogens with zero attached hydrogens (tertiary/aromatic N) is 5. The van der Waals surface area contributed by atoms with Gasteiger partial charge in [-0.2, -0.15) is 5.10 Å². The Bertz CT molecular complexity index is 827. The fraction of sp³-hybridized carbons (Fsp3) is 0.412. The molecule has 0 aliphatic carbocycles. The molecule has 126 valence electrons. The second-order valence-corrected chi connectivity index (χ2v) is 6.20. The van der Waals surface area contributed by atoms with E-state index in [1.165, 1.54) is 5.69 Å². The van der Waals surface area contributed by atoms with Crippen LogP contribution in [0.15, 0.2) is 43.0 Å². The summed E-state index contributed by atoms with van der Waals surface area (Å²) in [7, 11) is 3.99. The molecule has 4 heterocycles. The summed E-state index contributed by atoms with van der Waals surface area (Å²) in [6.45, 7) is 2.06. The molecule has 0 spiro atoms. The van der Waals surface area contributed by atoms with Gasteiger partial charge in [-0.15, -0.1) is 0 Å². The fourth-order valence-corrected chi connectivity index (χ4v) is 3.19. The highest BCUT2D eigenvalue weighted by Gasteiger charge is 2.33. The highest BCUT2D eigenvalue weighted by atomic mass is 16.5.